The van der Waals surface area contributed by atoms with Gasteiger partial charge >= 0.3 is 0 Å². The third-order valence-electron chi connectivity index (χ3n) is 2.87. The Labute approximate surface area is 86.1 Å². The van der Waals surface area contributed by atoms with Gasteiger partial charge in [0.1, 0.15) is 0 Å². The van der Waals surface area contributed by atoms with Crippen molar-refractivity contribution in [2.45, 2.75) is 0 Å². The molecule has 1 saturated heterocycles. The fourth-order valence-electron chi connectivity index (χ4n) is 1.86. The number of hydrogen-bond acceptors (Lipinski definition) is 3. The predicted octanol–water partition coefficient (Wildman–Crippen LogP) is 0.277. The Morgan fingerprint density at radius 3 is 2.71 bits per heavy atom. The van der Waals surface area contributed by atoms with Crippen molar-refractivity contribution < 1.29 is 0 Å². The van der Waals surface area contributed by atoms with Crippen LogP contribution < -0.4 is 5.32 Å². The number of hydrogen-bond donors (Lipinski definition) is 1. The molecule has 3 nitrogen and oxygen atoms in total. The van der Waals surface area contributed by atoms with Crippen LogP contribution in [0.3, 0.4) is 0 Å². The van der Waals surface area contributed by atoms with Crippen molar-refractivity contribution in [1.82, 2.24) is 15.1 Å². The molecular weight excluding hydrogens is 174 g/mol. The standard InChI is InChI=1S/C11H19N3/c1-13-6-8-14(9-7-13)10-11-4-2-3-5-12-11/h2-4,12H,5-10H2,1H3. The van der Waals surface area contributed by atoms with Crippen molar-refractivity contribution in [2.75, 3.05) is 46.3 Å². The minimum Gasteiger partial charge on any atom is -0.384 e. The molecule has 0 aromatic carbocycles. The summed E-state index contributed by atoms with van der Waals surface area (Å²) < 4.78 is 0. The molecular formula is C11H19N3. The van der Waals surface area contributed by atoms with Crippen LogP contribution in [0.25, 0.3) is 0 Å². The predicted molar refractivity (Wildman–Crippen MR) is 59.2 cm³/mol. The zero-order chi connectivity index (χ0) is 9.80. The quantitative estimate of drug-likeness (QED) is 0.679. The first-order valence-corrected chi connectivity index (χ1v) is 5.35. The maximum absolute atomic E-state index is 3.40. The van der Waals surface area contributed by atoms with Gasteiger partial charge in [-0.3, -0.25) is 4.90 Å². The smallest absolute Gasteiger partial charge is 0.0382 e. The van der Waals surface area contributed by atoms with Gasteiger partial charge in [-0.15, -0.1) is 0 Å². The van der Waals surface area contributed by atoms with Crippen LogP contribution in [0.4, 0.5) is 0 Å². The van der Waals surface area contributed by atoms with Crippen LogP contribution in [0.15, 0.2) is 23.9 Å². The lowest BCUT2D eigenvalue weighted by Crippen LogP contribution is -2.46. The number of allylic oxidation sites excluding steroid dienone is 2. The second kappa shape index (κ2) is 4.62. The van der Waals surface area contributed by atoms with E-state index in [9.17, 15) is 0 Å². The molecule has 0 spiro atoms. The van der Waals surface area contributed by atoms with Gasteiger partial charge in [0.05, 0.1) is 0 Å². The molecule has 0 atom stereocenters. The van der Waals surface area contributed by atoms with Gasteiger partial charge in [0.25, 0.3) is 0 Å². The Hall–Kier alpha value is -0.800. The minimum absolute atomic E-state index is 0.986. The number of nitrogens with zero attached hydrogens (tertiary/aromatic N) is 2. The van der Waals surface area contributed by atoms with E-state index in [4.69, 9.17) is 0 Å². The first kappa shape index (κ1) is 9.74. The van der Waals surface area contributed by atoms with Crippen LogP contribution in [0.5, 0.6) is 0 Å². The van der Waals surface area contributed by atoms with Crippen molar-refractivity contribution in [3.63, 3.8) is 0 Å². The number of likely N-dealkylation sites (N-methyl/N-ethyl adjacent to an activating group) is 1. The highest BCUT2D eigenvalue weighted by Gasteiger charge is 2.14. The molecule has 2 aliphatic heterocycles. The lowest BCUT2D eigenvalue weighted by molar-refractivity contribution is 0.162. The van der Waals surface area contributed by atoms with Crippen molar-refractivity contribution in [3.8, 4) is 0 Å². The summed E-state index contributed by atoms with van der Waals surface area (Å²) in [6, 6.07) is 0. The van der Waals surface area contributed by atoms with Gasteiger partial charge in [0, 0.05) is 45.0 Å². The van der Waals surface area contributed by atoms with Crippen LogP contribution in [0, 0.1) is 0 Å². The average Bonchev–Trinajstić information content (AvgIpc) is 2.23. The molecule has 14 heavy (non-hydrogen) atoms. The Bertz CT molecular complexity index is 237. The zero-order valence-corrected chi connectivity index (χ0v) is 8.87. The molecule has 2 aliphatic rings. The molecule has 0 saturated carbocycles. The van der Waals surface area contributed by atoms with E-state index in [0.717, 1.165) is 13.1 Å². The summed E-state index contributed by atoms with van der Waals surface area (Å²) in [7, 11) is 2.19. The number of nitrogens with one attached hydrogen (secondary N) is 1. The van der Waals surface area contributed by atoms with Gasteiger partial charge in [0.2, 0.25) is 0 Å². The molecule has 1 N–H and O–H groups in total. The van der Waals surface area contributed by atoms with Crippen molar-refractivity contribution in [2.24, 2.45) is 0 Å². The van der Waals surface area contributed by atoms with Crippen LogP contribution in [-0.4, -0.2) is 56.1 Å². The lowest BCUT2D eigenvalue weighted by Gasteiger charge is -2.33. The van der Waals surface area contributed by atoms with E-state index in [0.29, 0.717) is 0 Å². The second-order valence-corrected chi connectivity index (χ2v) is 4.08. The molecule has 2 heterocycles. The third-order valence-corrected chi connectivity index (χ3v) is 2.87. The molecule has 0 bridgehead atoms. The zero-order valence-electron chi connectivity index (χ0n) is 8.87. The molecule has 78 valence electrons. The number of rotatable bonds is 2. The molecule has 3 heteroatoms. The molecule has 0 unspecified atom stereocenters. The maximum Gasteiger partial charge on any atom is 0.0382 e. The summed E-state index contributed by atoms with van der Waals surface area (Å²) in [5.41, 5.74) is 1.36. The van der Waals surface area contributed by atoms with E-state index in [-0.39, 0.29) is 0 Å². The minimum atomic E-state index is 0.986. The van der Waals surface area contributed by atoms with Gasteiger partial charge in [0.15, 0.2) is 0 Å². The second-order valence-electron chi connectivity index (χ2n) is 4.08. The van der Waals surface area contributed by atoms with Gasteiger partial charge in [-0.05, 0) is 13.1 Å². The normalized spacial score (nSPS) is 24.5. The Morgan fingerprint density at radius 1 is 1.29 bits per heavy atom. The number of piperazine rings is 1. The highest BCUT2D eigenvalue weighted by molar-refractivity contribution is 5.17. The van der Waals surface area contributed by atoms with E-state index in [1.54, 1.807) is 0 Å². The maximum atomic E-state index is 3.40. The molecule has 0 aromatic heterocycles. The molecule has 2 rings (SSSR count). The fraction of sp³-hybridized carbons (Fsp3) is 0.636. The fourth-order valence-corrected chi connectivity index (χ4v) is 1.86. The largest absolute Gasteiger partial charge is 0.384 e. The SMILES string of the molecule is CN1CCN(CC2=CC=CCN2)CC1. The summed E-state index contributed by atoms with van der Waals surface area (Å²) in [5, 5.41) is 3.40. The highest BCUT2D eigenvalue weighted by atomic mass is 15.2. The number of dihydropyridines is 1. The van der Waals surface area contributed by atoms with Crippen LogP contribution in [0.2, 0.25) is 0 Å². The topological polar surface area (TPSA) is 18.5 Å². The average molecular weight is 193 g/mol. The monoisotopic (exact) mass is 193 g/mol. The van der Waals surface area contributed by atoms with E-state index >= 15 is 0 Å². The van der Waals surface area contributed by atoms with Gasteiger partial charge in [-0.25, -0.2) is 0 Å². The lowest BCUT2D eigenvalue weighted by atomic mass is 10.2. The third kappa shape index (κ3) is 2.59. The Morgan fingerprint density at radius 2 is 2.07 bits per heavy atom. The highest BCUT2D eigenvalue weighted by Crippen LogP contribution is 2.04. The van der Waals surface area contributed by atoms with Crippen LogP contribution in [0.1, 0.15) is 0 Å². The summed E-state index contributed by atoms with van der Waals surface area (Å²) in [4.78, 5) is 4.90. The first-order valence-electron chi connectivity index (χ1n) is 5.35. The first-order chi connectivity index (χ1) is 6.84. The van der Waals surface area contributed by atoms with Crippen molar-refractivity contribution in [3.05, 3.63) is 23.9 Å². The van der Waals surface area contributed by atoms with E-state index < -0.39 is 0 Å². The molecule has 0 aromatic rings. The Kier molecular flexibility index (Phi) is 3.22. The van der Waals surface area contributed by atoms with Gasteiger partial charge in [-0.1, -0.05) is 12.2 Å². The summed E-state index contributed by atoms with van der Waals surface area (Å²) in [5.74, 6) is 0. The molecule has 0 amide bonds. The van der Waals surface area contributed by atoms with E-state index in [1.165, 1.54) is 31.9 Å². The summed E-state index contributed by atoms with van der Waals surface area (Å²) >= 11 is 0. The summed E-state index contributed by atoms with van der Waals surface area (Å²) in [6.07, 6.45) is 6.47. The molecule has 0 radical (unpaired) electrons. The van der Waals surface area contributed by atoms with Gasteiger partial charge < -0.3 is 10.2 Å². The van der Waals surface area contributed by atoms with Crippen LogP contribution >= 0.6 is 0 Å². The molecule has 0 aliphatic carbocycles. The van der Waals surface area contributed by atoms with Crippen LogP contribution in [-0.2, 0) is 0 Å². The van der Waals surface area contributed by atoms with E-state index in [2.05, 4.69) is 40.4 Å². The Balaban J connectivity index is 1.80. The molecule has 1 fully saturated rings. The summed E-state index contributed by atoms with van der Waals surface area (Å²) in [6.45, 7) is 6.85. The van der Waals surface area contributed by atoms with E-state index in [1.807, 2.05) is 0 Å². The van der Waals surface area contributed by atoms with Crippen molar-refractivity contribution in [1.29, 1.82) is 0 Å². The van der Waals surface area contributed by atoms with Crippen molar-refractivity contribution >= 4 is 0 Å². The van der Waals surface area contributed by atoms with Gasteiger partial charge in [-0.2, -0.15) is 0 Å².